The molecule has 21 heavy (non-hydrogen) atoms. The third-order valence-corrected chi connectivity index (χ3v) is 4.45. The molecule has 0 saturated carbocycles. The van der Waals surface area contributed by atoms with Gasteiger partial charge in [0.15, 0.2) is 0 Å². The van der Waals surface area contributed by atoms with Gasteiger partial charge >= 0.3 is 0 Å². The Hall–Kier alpha value is -1.19. The fourth-order valence-corrected chi connectivity index (χ4v) is 2.70. The average molecular weight is 350 g/mol. The Morgan fingerprint density at radius 2 is 1.86 bits per heavy atom. The molecule has 0 aliphatic heterocycles. The maximum Gasteiger partial charge on any atom is 0.123 e. The van der Waals surface area contributed by atoms with E-state index in [1.54, 1.807) is 0 Å². The van der Waals surface area contributed by atoms with Crippen LogP contribution in [0, 0.1) is 12.7 Å². The van der Waals surface area contributed by atoms with Gasteiger partial charge in [-0.1, -0.05) is 47.1 Å². The molecule has 0 bridgehead atoms. The summed E-state index contributed by atoms with van der Waals surface area (Å²) in [7, 11) is 0. The molecule has 0 aromatic heterocycles. The highest BCUT2D eigenvalue weighted by Gasteiger charge is 2.12. The first-order valence-corrected chi connectivity index (χ1v) is 8.13. The summed E-state index contributed by atoms with van der Waals surface area (Å²) < 4.78 is 14.2. The van der Waals surface area contributed by atoms with Crippen LogP contribution in [-0.2, 0) is 6.42 Å². The summed E-state index contributed by atoms with van der Waals surface area (Å²) in [6.45, 7) is 5.21. The Morgan fingerprint density at radius 1 is 1.14 bits per heavy atom. The number of hydrogen-bond acceptors (Lipinski definition) is 1. The molecule has 0 fully saturated rings. The smallest absolute Gasteiger partial charge is 0.123 e. The fraction of sp³-hybridized carbons (Fsp3) is 0.333. The van der Waals surface area contributed by atoms with Crippen LogP contribution in [0.2, 0.25) is 0 Å². The first-order chi connectivity index (χ1) is 10.1. The number of nitrogens with one attached hydrogen (secondary N) is 1. The summed E-state index contributed by atoms with van der Waals surface area (Å²) in [6.07, 6.45) is 1.95. The standard InChI is InChI=1S/C18H21BrFN/c1-3-10-21-18(11-14-5-8-16(20)9-6-14)15-7-4-13(2)17(19)12-15/h4-9,12,18,21H,3,10-11H2,1-2H3. The highest BCUT2D eigenvalue weighted by atomic mass is 79.9. The van der Waals surface area contributed by atoms with Crippen LogP contribution in [0.5, 0.6) is 0 Å². The van der Waals surface area contributed by atoms with Gasteiger partial charge in [-0.15, -0.1) is 0 Å². The van der Waals surface area contributed by atoms with Crippen molar-refractivity contribution in [1.82, 2.24) is 5.32 Å². The van der Waals surface area contributed by atoms with Crippen molar-refractivity contribution in [3.05, 3.63) is 69.4 Å². The number of aryl methyl sites for hydroxylation is 1. The second kappa shape index (κ2) is 7.71. The van der Waals surface area contributed by atoms with Crippen LogP contribution in [-0.4, -0.2) is 6.54 Å². The van der Waals surface area contributed by atoms with Crippen LogP contribution in [0.3, 0.4) is 0 Å². The first-order valence-electron chi connectivity index (χ1n) is 7.34. The molecule has 3 heteroatoms. The van der Waals surface area contributed by atoms with Crippen LogP contribution < -0.4 is 5.32 Å². The van der Waals surface area contributed by atoms with Crippen LogP contribution in [0.1, 0.15) is 36.1 Å². The molecule has 0 aliphatic carbocycles. The Bertz CT molecular complexity index is 580. The molecule has 1 atom stereocenters. The molecule has 112 valence electrons. The molecule has 0 spiro atoms. The molecular formula is C18H21BrFN. The van der Waals surface area contributed by atoms with Crippen molar-refractivity contribution in [3.63, 3.8) is 0 Å². The number of halogens is 2. The first kappa shape index (κ1) is 16.2. The second-order valence-electron chi connectivity index (χ2n) is 5.35. The van der Waals surface area contributed by atoms with Gasteiger partial charge in [0.05, 0.1) is 0 Å². The van der Waals surface area contributed by atoms with Crippen molar-refractivity contribution >= 4 is 15.9 Å². The van der Waals surface area contributed by atoms with Crippen LogP contribution in [0.4, 0.5) is 4.39 Å². The summed E-state index contributed by atoms with van der Waals surface area (Å²) in [4.78, 5) is 0. The highest BCUT2D eigenvalue weighted by Crippen LogP contribution is 2.24. The minimum Gasteiger partial charge on any atom is -0.310 e. The average Bonchev–Trinajstić information content (AvgIpc) is 2.48. The van der Waals surface area contributed by atoms with Crippen LogP contribution >= 0.6 is 15.9 Å². The van der Waals surface area contributed by atoms with Gasteiger partial charge in [0.25, 0.3) is 0 Å². The molecule has 0 amide bonds. The maximum atomic E-state index is 13.0. The van der Waals surface area contributed by atoms with Crippen LogP contribution in [0.15, 0.2) is 46.9 Å². The van der Waals surface area contributed by atoms with Gasteiger partial charge < -0.3 is 5.32 Å². The topological polar surface area (TPSA) is 12.0 Å². The normalized spacial score (nSPS) is 12.4. The minimum absolute atomic E-state index is 0.185. The third-order valence-electron chi connectivity index (χ3n) is 3.59. The van der Waals surface area contributed by atoms with E-state index in [-0.39, 0.29) is 11.9 Å². The van der Waals surface area contributed by atoms with E-state index in [4.69, 9.17) is 0 Å². The number of rotatable bonds is 6. The third kappa shape index (κ3) is 4.65. The molecule has 1 N–H and O–H groups in total. The van der Waals surface area contributed by atoms with Crippen molar-refractivity contribution in [2.45, 2.75) is 32.7 Å². The summed E-state index contributed by atoms with van der Waals surface area (Å²) in [5.41, 5.74) is 3.63. The van der Waals surface area contributed by atoms with Crippen molar-refractivity contribution in [3.8, 4) is 0 Å². The van der Waals surface area contributed by atoms with Gasteiger partial charge in [-0.05, 0) is 61.2 Å². The molecule has 2 rings (SSSR count). The van der Waals surface area contributed by atoms with E-state index in [0.29, 0.717) is 0 Å². The van der Waals surface area contributed by atoms with E-state index in [9.17, 15) is 4.39 Å². The predicted octanol–water partition coefficient (Wildman–Crippen LogP) is 5.18. The van der Waals surface area contributed by atoms with Gasteiger partial charge in [-0.3, -0.25) is 0 Å². The summed E-state index contributed by atoms with van der Waals surface area (Å²) in [5, 5.41) is 3.58. The van der Waals surface area contributed by atoms with Crippen molar-refractivity contribution < 1.29 is 4.39 Å². The Labute approximate surface area is 134 Å². The monoisotopic (exact) mass is 349 g/mol. The predicted molar refractivity (Wildman–Crippen MR) is 90.0 cm³/mol. The molecule has 1 nitrogen and oxygen atoms in total. The molecule has 0 heterocycles. The van der Waals surface area contributed by atoms with Crippen molar-refractivity contribution in [1.29, 1.82) is 0 Å². The number of hydrogen-bond donors (Lipinski definition) is 1. The molecule has 2 aromatic rings. The van der Waals surface area contributed by atoms with Crippen molar-refractivity contribution in [2.24, 2.45) is 0 Å². The van der Waals surface area contributed by atoms with E-state index in [0.717, 1.165) is 29.4 Å². The Morgan fingerprint density at radius 3 is 2.48 bits per heavy atom. The summed E-state index contributed by atoms with van der Waals surface area (Å²) >= 11 is 3.60. The molecule has 0 aliphatic rings. The van der Waals surface area contributed by atoms with Crippen molar-refractivity contribution in [2.75, 3.05) is 6.54 Å². The summed E-state index contributed by atoms with van der Waals surface area (Å²) in [5.74, 6) is -0.185. The van der Waals surface area contributed by atoms with E-state index in [1.807, 2.05) is 12.1 Å². The zero-order chi connectivity index (χ0) is 15.2. The molecule has 1 unspecified atom stereocenters. The Kier molecular flexibility index (Phi) is 5.95. The van der Waals surface area contributed by atoms with E-state index in [1.165, 1.54) is 23.3 Å². The quantitative estimate of drug-likeness (QED) is 0.757. The minimum atomic E-state index is -0.185. The lowest BCUT2D eigenvalue weighted by Gasteiger charge is -2.20. The molecule has 2 aromatic carbocycles. The molecule has 0 saturated heterocycles. The number of benzene rings is 2. The van der Waals surface area contributed by atoms with Gasteiger partial charge in [0, 0.05) is 10.5 Å². The molecular weight excluding hydrogens is 329 g/mol. The van der Waals surface area contributed by atoms with Gasteiger partial charge in [-0.2, -0.15) is 0 Å². The SMILES string of the molecule is CCCNC(Cc1ccc(F)cc1)c1ccc(C)c(Br)c1. The van der Waals surface area contributed by atoms with Gasteiger partial charge in [0.1, 0.15) is 5.82 Å². The lowest BCUT2D eigenvalue weighted by molar-refractivity contribution is 0.528. The maximum absolute atomic E-state index is 13.0. The zero-order valence-corrected chi connectivity index (χ0v) is 14.1. The molecule has 0 radical (unpaired) electrons. The second-order valence-corrected chi connectivity index (χ2v) is 6.20. The van der Waals surface area contributed by atoms with E-state index < -0.39 is 0 Å². The van der Waals surface area contributed by atoms with Gasteiger partial charge in [-0.25, -0.2) is 4.39 Å². The largest absolute Gasteiger partial charge is 0.310 e. The van der Waals surface area contributed by atoms with Crippen LogP contribution in [0.25, 0.3) is 0 Å². The van der Waals surface area contributed by atoms with E-state index in [2.05, 4.69) is 53.3 Å². The van der Waals surface area contributed by atoms with Gasteiger partial charge in [0.2, 0.25) is 0 Å². The fourth-order valence-electron chi connectivity index (χ4n) is 2.31. The lowest BCUT2D eigenvalue weighted by atomic mass is 9.98. The zero-order valence-electron chi connectivity index (χ0n) is 12.5. The highest BCUT2D eigenvalue weighted by molar-refractivity contribution is 9.10. The lowest BCUT2D eigenvalue weighted by Crippen LogP contribution is -2.24. The summed E-state index contributed by atoms with van der Waals surface area (Å²) in [6, 6.07) is 13.5. The van der Waals surface area contributed by atoms with E-state index >= 15 is 0 Å². The Balaban J connectivity index is 2.20.